The zero-order valence-corrected chi connectivity index (χ0v) is 21.2. The van der Waals surface area contributed by atoms with Crippen LogP contribution in [-0.2, 0) is 11.3 Å². The number of hydrogen-bond donors (Lipinski definition) is 1. The molecule has 1 radical (unpaired) electrons. The molecule has 2 aromatic carbocycles. The van der Waals surface area contributed by atoms with Crippen LogP contribution in [0.25, 0.3) is 16.9 Å². The number of halogens is 2. The first-order valence-electron chi connectivity index (χ1n) is 12.5. The fourth-order valence-corrected chi connectivity index (χ4v) is 5.04. The second-order valence-electron chi connectivity index (χ2n) is 9.34. The molecule has 0 spiro atoms. The van der Waals surface area contributed by atoms with E-state index in [0.717, 1.165) is 29.7 Å². The van der Waals surface area contributed by atoms with Crippen LogP contribution in [0.15, 0.2) is 61.1 Å². The minimum atomic E-state index is -0.347. The molecule has 1 amide bonds. The van der Waals surface area contributed by atoms with E-state index in [4.69, 9.17) is 16.3 Å². The average Bonchev–Trinajstić information content (AvgIpc) is 3.57. The molecule has 2 aliphatic heterocycles. The van der Waals surface area contributed by atoms with Gasteiger partial charge in [-0.1, -0.05) is 23.7 Å². The van der Waals surface area contributed by atoms with Gasteiger partial charge in [-0.05, 0) is 54.3 Å². The molecule has 1 saturated heterocycles. The highest BCUT2D eigenvalue weighted by atomic mass is 35.5. The lowest BCUT2D eigenvalue weighted by atomic mass is 10.0. The number of anilines is 1. The molecule has 1 N–H and O–H groups in total. The summed E-state index contributed by atoms with van der Waals surface area (Å²) < 4.78 is 21.1. The molecule has 193 valence electrons. The van der Waals surface area contributed by atoms with Crippen molar-refractivity contribution in [3.8, 4) is 16.9 Å². The molecule has 4 aromatic rings. The van der Waals surface area contributed by atoms with E-state index in [0.29, 0.717) is 54.1 Å². The lowest BCUT2D eigenvalue weighted by Crippen LogP contribution is -2.28. The number of nitrogens with one attached hydrogen (secondary N) is 1. The highest BCUT2D eigenvalue weighted by Crippen LogP contribution is 2.32. The highest BCUT2D eigenvalue weighted by Gasteiger charge is 2.28. The number of fused-ring (bicyclic) bond motifs is 1. The topological polar surface area (TPSA) is 85.2 Å². The van der Waals surface area contributed by atoms with Crippen molar-refractivity contribution in [1.29, 1.82) is 0 Å². The van der Waals surface area contributed by atoms with E-state index in [9.17, 15) is 9.18 Å². The van der Waals surface area contributed by atoms with Crippen molar-refractivity contribution >= 4 is 23.5 Å². The van der Waals surface area contributed by atoms with Gasteiger partial charge in [-0.3, -0.25) is 4.79 Å². The van der Waals surface area contributed by atoms with Gasteiger partial charge >= 0.3 is 0 Å². The van der Waals surface area contributed by atoms with Gasteiger partial charge in [0.1, 0.15) is 5.82 Å². The highest BCUT2D eigenvalue weighted by molar-refractivity contribution is 6.33. The molecule has 0 saturated carbocycles. The van der Waals surface area contributed by atoms with Crippen molar-refractivity contribution in [1.82, 2.24) is 24.6 Å². The Balaban J connectivity index is 1.19. The first-order chi connectivity index (χ1) is 18.5. The lowest BCUT2D eigenvalue weighted by molar-refractivity contribution is 0.0792. The van der Waals surface area contributed by atoms with Gasteiger partial charge in [0.05, 0.1) is 22.6 Å². The van der Waals surface area contributed by atoms with Crippen LogP contribution in [0.2, 0.25) is 5.02 Å². The summed E-state index contributed by atoms with van der Waals surface area (Å²) in [7, 11) is 0. The lowest BCUT2D eigenvalue weighted by Gasteiger charge is -2.23. The number of rotatable bonds is 7. The van der Waals surface area contributed by atoms with Crippen LogP contribution in [0.5, 0.6) is 0 Å². The molecule has 0 bridgehead atoms. The molecule has 10 heteroatoms. The second-order valence-corrected chi connectivity index (χ2v) is 9.74. The summed E-state index contributed by atoms with van der Waals surface area (Å²) in [5.74, 6) is 0.0588. The Bertz CT molecular complexity index is 1470. The molecule has 4 heterocycles. The Hall–Kier alpha value is -3.82. The van der Waals surface area contributed by atoms with Gasteiger partial charge in [0, 0.05) is 62.3 Å². The van der Waals surface area contributed by atoms with Crippen molar-refractivity contribution in [3.05, 3.63) is 95.0 Å². The Labute approximate surface area is 224 Å². The number of carbonyl (C=O) groups is 1. The Morgan fingerprint density at radius 1 is 1.18 bits per heavy atom. The Morgan fingerprint density at radius 2 is 2.05 bits per heavy atom. The summed E-state index contributed by atoms with van der Waals surface area (Å²) >= 11 is 6.47. The summed E-state index contributed by atoms with van der Waals surface area (Å²) in [6.07, 6.45) is 8.67. The third-order valence-corrected chi connectivity index (χ3v) is 7.11. The van der Waals surface area contributed by atoms with Crippen molar-refractivity contribution in [2.45, 2.75) is 25.4 Å². The Morgan fingerprint density at radius 3 is 2.87 bits per heavy atom. The largest absolute Gasteiger partial charge is 0.381 e. The van der Waals surface area contributed by atoms with Crippen molar-refractivity contribution < 1.29 is 13.9 Å². The zero-order chi connectivity index (χ0) is 26.1. The smallest absolute Gasteiger partial charge is 0.254 e. The van der Waals surface area contributed by atoms with Crippen molar-refractivity contribution in [2.24, 2.45) is 0 Å². The van der Waals surface area contributed by atoms with E-state index in [1.807, 2.05) is 24.6 Å². The fraction of sp³-hybridized carbons (Fsp3) is 0.250. The maximum atomic E-state index is 14.0. The van der Waals surface area contributed by atoms with Crippen LogP contribution in [-0.4, -0.2) is 56.4 Å². The van der Waals surface area contributed by atoms with Crippen molar-refractivity contribution in [3.63, 3.8) is 0 Å². The van der Waals surface area contributed by atoms with E-state index in [2.05, 4.69) is 20.4 Å². The van der Waals surface area contributed by atoms with E-state index < -0.39 is 0 Å². The molecule has 6 rings (SSSR count). The fourth-order valence-electron chi connectivity index (χ4n) is 4.84. The molecule has 0 atom stereocenters. The third kappa shape index (κ3) is 4.99. The van der Waals surface area contributed by atoms with Gasteiger partial charge < -0.3 is 15.0 Å². The first kappa shape index (κ1) is 24.5. The molecular weight excluding hydrogens is 507 g/mol. The Kier molecular flexibility index (Phi) is 6.78. The van der Waals surface area contributed by atoms with Crippen LogP contribution in [0.1, 0.15) is 34.3 Å². The number of ether oxygens (including phenoxy) is 1. The van der Waals surface area contributed by atoms with Crippen molar-refractivity contribution in [2.75, 3.05) is 25.1 Å². The number of amides is 1. The van der Waals surface area contributed by atoms with Gasteiger partial charge in [-0.15, -0.1) is 0 Å². The summed E-state index contributed by atoms with van der Waals surface area (Å²) in [6, 6.07) is 12.3. The first-order valence-corrected chi connectivity index (χ1v) is 12.8. The SMILES string of the molecule is O=C1c2cc(-c3nc(NC4CCOCC4)ncc3Cl)ccc2CN1C[CH]c1cc(F)ccc1-n1cccn1. The maximum absolute atomic E-state index is 14.0. The number of benzene rings is 2. The van der Waals surface area contributed by atoms with Crippen LogP contribution < -0.4 is 5.32 Å². The molecule has 2 aromatic heterocycles. The van der Waals surface area contributed by atoms with Gasteiger partial charge in [-0.25, -0.2) is 19.0 Å². The predicted octanol–water partition coefficient (Wildman–Crippen LogP) is 4.92. The minimum absolute atomic E-state index is 0.0964. The zero-order valence-electron chi connectivity index (χ0n) is 20.5. The third-order valence-electron chi connectivity index (χ3n) is 6.83. The molecule has 0 aliphatic carbocycles. The molecule has 0 unspecified atom stereocenters. The summed E-state index contributed by atoms with van der Waals surface area (Å²) in [5, 5.41) is 8.03. The maximum Gasteiger partial charge on any atom is 0.254 e. The summed E-state index contributed by atoms with van der Waals surface area (Å²) in [4.78, 5) is 24.0. The van der Waals surface area contributed by atoms with E-state index >= 15 is 0 Å². The van der Waals surface area contributed by atoms with E-state index in [1.54, 1.807) is 40.3 Å². The number of hydrogen-bond acceptors (Lipinski definition) is 6. The molecule has 1 fully saturated rings. The predicted molar refractivity (Wildman–Crippen MR) is 142 cm³/mol. The minimum Gasteiger partial charge on any atom is -0.381 e. The number of aromatic nitrogens is 4. The molecule has 8 nitrogen and oxygen atoms in total. The summed E-state index contributed by atoms with van der Waals surface area (Å²) in [5.41, 5.74) is 4.25. The molecular formula is C28H25ClFN6O2. The summed E-state index contributed by atoms with van der Waals surface area (Å²) in [6.45, 7) is 2.21. The second kappa shape index (κ2) is 10.5. The van der Waals surface area contributed by atoms with Crippen LogP contribution in [0, 0.1) is 12.2 Å². The van der Waals surface area contributed by atoms with Gasteiger partial charge in [0.2, 0.25) is 5.95 Å². The average molecular weight is 532 g/mol. The monoisotopic (exact) mass is 531 g/mol. The van der Waals surface area contributed by atoms with Gasteiger partial charge in [0.25, 0.3) is 5.91 Å². The molecule has 38 heavy (non-hydrogen) atoms. The van der Waals surface area contributed by atoms with E-state index in [1.165, 1.54) is 12.1 Å². The van der Waals surface area contributed by atoms with Gasteiger partial charge in [-0.2, -0.15) is 5.10 Å². The quantitative estimate of drug-likeness (QED) is 0.364. The van der Waals surface area contributed by atoms with Gasteiger partial charge in [0.15, 0.2) is 0 Å². The van der Waals surface area contributed by atoms with E-state index in [-0.39, 0.29) is 17.8 Å². The van der Waals surface area contributed by atoms with Crippen LogP contribution in [0.4, 0.5) is 10.3 Å². The number of carbonyl (C=O) groups excluding carboxylic acids is 1. The van der Waals surface area contributed by atoms with Crippen LogP contribution >= 0.6 is 11.6 Å². The van der Waals surface area contributed by atoms with Crippen LogP contribution in [0.3, 0.4) is 0 Å². The molecule has 2 aliphatic rings. The standard InChI is InChI=1S/C28H25ClFN6O2/c29-24-16-31-28(33-22-7-12-38-13-8-22)34-26(24)19-2-3-20-17-35(27(37)23(20)15-19)11-6-18-14-21(30)4-5-25(18)36-10-1-9-32-36/h1-6,9-10,14-16,22H,7-8,11-13,17H2,(H,31,33,34). The normalized spacial score (nSPS) is 15.6. The number of nitrogens with zero attached hydrogens (tertiary/aromatic N) is 5.